The molecule has 0 saturated carbocycles. The molecule has 1 amide bonds. The smallest absolute Gasteiger partial charge is 0.251 e. The van der Waals surface area contributed by atoms with Gasteiger partial charge in [-0.1, -0.05) is 109 Å². The number of carbonyl (C=O) groups excluding carboxylic acids is 1. The van der Waals surface area contributed by atoms with Crippen LogP contribution in [0.1, 0.15) is 39.1 Å². The Bertz CT molecular complexity index is 1070. The molecule has 31 heavy (non-hydrogen) atoms. The van der Waals surface area contributed by atoms with Gasteiger partial charge in [0.2, 0.25) is 0 Å². The van der Waals surface area contributed by atoms with Crippen molar-refractivity contribution in [3.63, 3.8) is 0 Å². The van der Waals surface area contributed by atoms with Gasteiger partial charge in [-0.05, 0) is 28.8 Å². The number of nitrogens with one attached hydrogen (secondary N) is 2. The lowest BCUT2D eigenvalue weighted by Crippen LogP contribution is -2.38. The molecule has 0 aliphatic carbocycles. The average Bonchev–Trinajstić information content (AvgIpc) is 2.86. The first-order chi connectivity index (χ1) is 15.3. The summed E-state index contributed by atoms with van der Waals surface area (Å²) in [6.45, 7) is 0.699. The summed E-state index contributed by atoms with van der Waals surface area (Å²) in [6.07, 6.45) is 0. The molecule has 0 saturated heterocycles. The van der Waals surface area contributed by atoms with E-state index in [1.807, 2.05) is 84.9 Å². The van der Waals surface area contributed by atoms with E-state index >= 15 is 0 Å². The minimum atomic E-state index is -0.236. The Morgan fingerprint density at radius 1 is 0.581 bits per heavy atom. The Morgan fingerprint density at radius 3 is 1.58 bits per heavy atom. The van der Waals surface area contributed by atoms with Crippen LogP contribution in [-0.4, -0.2) is 5.91 Å². The van der Waals surface area contributed by atoms with Gasteiger partial charge in [0, 0.05) is 12.1 Å². The van der Waals surface area contributed by atoms with Crippen molar-refractivity contribution in [1.29, 1.82) is 0 Å². The van der Waals surface area contributed by atoms with E-state index in [0.717, 1.165) is 11.1 Å². The molecule has 4 aromatic rings. The van der Waals surface area contributed by atoms with E-state index in [1.54, 1.807) is 0 Å². The number of benzene rings is 4. The standard InChI is InChI=1S/C28H26N2O/c31-28(25-19-11-4-12-20-25)30-27(24-17-9-3-10-18-24)26(23-15-7-2-8-16-23)29-21-22-13-5-1-6-14-22/h1-20,26-27,29H,21H2,(H,30,31). The van der Waals surface area contributed by atoms with Crippen molar-refractivity contribution in [3.05, 3.63) is 144 Å². The van der Waals surface area contributed by atoms with Crippen LogP contribution in [0.4, 0.5) is 0 Å². The summed E-state index contributed by atoms with van der Waals surface area (Å²) >= 11 is 0. The van der Waals surface area contributed by atoms with Gasteiger partial charge in [0.1, 0.15) is 0 Å². The fourth-order valence-corrected chi connectivity index (χ4v) is 3.75. The SMILES string of the molecule is O=C(NC(c1ccccc1)C(NCc1ccccc1)c1ccccc1)c1ccccc1. The second-order valence-corrected chi connectivity index (χ2v) is 7.48. The Kier molecular flexibility index (Phi) is 6.89. The van der Waals surface area contributed by atoms with Crippen LogP contribution in [0.25, 0.3) is 0 Å². The lowest BCUT2D eigenvalue weighted by molar-refractivity contribution is 0.0926. The van der Waals surface area contributed by atoms with Crippen LogP contribution in [-0.2, 0) is 6.54 Å². The highest BCUT2D eigenvalue weighted by Gasteiger charge is 2.26. The number of carbonyl (C=O) groups is 1. The summed E-state index contributed by atoms with van der Waals surface area (Å²) in [5.41, 5.74) is 4.03. The van der Waals surface area contributed by atoms with Crippen molar-refractivity contribution in [2.24, 2.45) is 0 Å². The predicted molar refractivity (Wildman–Crippen MR) is 126 cm³/mol. The molecule has 0 spiro atoms. The van der Waals surface area contributed by atoms with Crippen LogP contribution < -0.4 is 10.6 Å². The number of hydrogen-bond donors (Lipinski definition) is 2. The normalized spacial score (nSPS) is 12.6. The van der Waals surface area contributed by atoms with Crippen molar-refractivity contribution in [3.8, 4) is 0 Å². The van der Waals surface area contributed by atoms with Crippen LogP contribution in [0.15, 0.2) is 121 Å². The maximum atomic E-state index is 13.1. The molecule has 4 rings (SSSR count). The molecule has 2 unspecified atom stereocenters. The first-order valence-electron chi connectivity index (χ1n) is 10.5. The quantitative estimate of drug-likeness (QED) is 0.395. The highest BCUT2D eigenvalue weighted by molar-refractivity contribution is 5.94. The third-order valence-corrected chi connectivity index (χ3v) is 5.34. The molecular weight excluding hydrogens is 380 g/mol. The Morgan fingerprint density at radius 2 is 1.03 bits per heavy atom. The monoisotopic (exact) mass is 406 g/mol. The first-order valence-corrected chi connectivity index (χ1v) is 10.5. The molecule has 0 aromatic heterocycles. The van der Waals surface area contributed by atoms with Crippen LogP contribution in [0.3, 0.4) is 0 Å². The minimum Gasteiger partial charge on any atom is -0.343 e. The third-order valence-electron chi connectivity index (χ3n) is 5.34. The minimum absolute atomic E-state index is 0.0862. The molecule has 154 valence electrons. The molecule has 0 fully saturated rings. The van der Waals surface area contributed by atoms with E-state index < -0.39 is 0 Å². The molecule has 2 atom stereocenters. The summed E-state index contributed by atoms with van der Waals surface area (Å²) in [5, 5.41) is 6.98. The maximum Gasteiger partial charge on any atom is 0.251 e. The fourth-order valence-electron chi connectivity index (χ4n) is 3.75. The van der Waals surface area contributed by atoms with Gasteiger partial charge >= 0.3 is 0 Å². The number of amides is 1. The molecular formula is C28H26N2O. The molecule has 0 radical (unpaired) electrons. The van der Waals surface area contributed by atoms with E-state index in [2.05, 4.69) is 47.0 Å². The van der Waals surface area contributed by atoms with Gasteiger partial charge < -0.3 is 10.6 Å². The Labute approximate surface area is 183 Å². The van der Waals surface area contributed by atoms with Gasteiger partial charge in [0.15, 0.2) is 0 Å². The third kappa shape index (κ3) is 5.47. The lowest BCUT2D eigenvalue weighted by atomic mass is 9.92. The molecule has 0 bridgehead atoms. The van der Waals surface area contributed by atoms with Gasteiger partial charge in [-0.15, -0.1) is 0 Å². The van der Waals surface area contributed by atoms with E-state index in [1.165, 1.54) is 5.56 Å². The van der Waals surface area contributed by atoms with Crippen molar-refractivity contribution >= 4 is 5.91 Å². The van der Waals surface area contributed by atoms with Gasteiger partial charge in [-0.25, -0.2) is 0 Å². The largest absolute Gasteiger partial charge is 0.343 e. The van der Waals surface area contributed by atoms with Crippen LogP contribution in [0, 0.1) is 0 Å². The molecule has 3 nitrogen and oxygen atoms in total. The van der Waals surface area contributed by atoms with Gasteiger partial charge in [-0.3, -0.25) is 4.79 Å². The average molecular weight is 407 g/mol. The fraction of sp³-hybridized carbons (Fsp3) is 0.107. The van der Waals surface area contributed by atoms with Gasteiger partial charge in [0.25, 0.3) is 5.91 Å². The summed E-state index contributed by atoms with van der Waals surface area (Å²) in [4.78, 5) is 13.1. The van der Waals surface area contributed by atoms with E-state index in [9.17, 15) is 4.79 Å². The van der Waals surface area contributed by atoms with E-state index in [4.69, 9.17) is 0 Å². The predicted octanol–water partition coefficient (Wildman–Crippen LogP) is 5.69. The zero-order valence-corrected chi connectivity index (χ0v) is 17.3. The van der Waals surface area contributed by atoms with Crippen molar-refractivity contribution in [2.45, 2.75) is 18.6 Å². The zero-order chi connectivity index (χ0) is 21.3. The van der Waals surface area contributed by atoms with E-state index in [0.29, 0.717) is 12.1 Å². The molecule has 4 aromatic carbocycles. The maximum absolute atomic E-state index is 13.1. The second kappa shape index (κ2) is 10.4. The molecule has 2 N–H and O–H groups in total. The molecule has 0 aliphatic heterocycles. The van der Waals surface area contributed by atoms with Crippen LogP contribution >= 0.6 is 0 Å². The Balaban J connectivity index is 1.67. The van der Waals surface area contributed by atoms with Crippen LogP contribution in [0.5, 0.6) is 0 Å². The summed E-state index contributed by atoms with van der Waals surface area (Å²) in [6, 6.07) is 39.8. The summed E-state index contributed by atoms with van der Waals surface area (Å²) in [7, 11) is 0. The Hall–Kier alpha value is -3.69. The number of hydrogen-bond acceptors (Lipinski definition) is 2. The van der Waals surface area contributed by atoms with Crippen molar-refractivity contribution in [2.75, 3.05) is 0 Å². The zero-order valence-electron chi connectivity index (χ0n) is 17.3. The lowest BCUT2D eigenvalue weighted by Gasteiger charge is -2.30. The second-order valence-electron chi connectivity index (χ2n) is 7.48. The van der Waals surface area contributed by atoms with Crippen molar-refractivity contribution < 1.29 is 4.79 Å². The van der Waals surface area contributed by atoms with Gasteiger partial charge in [0.05, 0.1) is 12.1 Å². The summed E-state index contributed by atoms with van der Waals surface area (Å²) < 4.78 is 0. The van der Waals surface area contributed by atoms with Crippen LogP contribution in [0.2, 0.25) is 0 Å². The van der Waals surface area contributed by atoms with Gasteiger partial charge in [-0.2, -0.15) is 0 Å². The molecule has 0 aliphatic rings. The number of rotatable bonds is 8. The summed E-state index contributed by atoms with van der Waals surface area (Å²) in [5.74, 6) is -0.0862. The van der Waals surface area contributed by atoms with E-state index in [-0.39, 0.29) is 18.0 Å². The molecule has 0 heterocycles. The first kappa shape index (κ1) is 20.6. The molecule has 3 heteroatoms. The highest BCUT2D eigenvalue weighted by Crippen LogP contribution is 2.30. The highest BCUT2D eigenvalue weighted by atomic mass is 16.1. The topological polar surface area (TPSA) is 41.1 Å². The van der Waals surface area contributed by atoms with Crippen molar-refractivity contribution in [1.82, 2.24) is 10.6 Å².